The van der Waals surface area contributed by atoms with Gasteiger partial charge in [-0.3, -0.25) is 4.79 Å². The van der Waals surface area contributed by atoms with E-state index in [1.54, 1.807) is 6.07 Å². The third kappa shape index (κ3) is 3.21. The van der Waals surface area contributed by atoms with Crippen LogP contribution in [0.2, 0.25) is 5.02 Å². The third-order valence-corrected chi connectivity index (χ3v) is 3.38. The monoisotopic (exact) mass is 258 g/mol. The van der Waals surface area contributed by atoms with Crippen LogP contribution in [0.15, 0.2) is 48.5 Å². The lowest BCUT2D eigenvalue weighted by Crippen LogP contribution is -2.01. The van der Waals surface area contributed by atoms with Crippen LogP contribution in [0.4, 0.5) is 0 Å². The number of hydrogen-bond donors (Lipinski definition) is 0. The predicted octanol–water partition coefficient (Wildman–Crippen LogP) is 4.46. The standard InChI is InChI=1S/C16H15ClO/c1-12-7-9-14(11-15(12)17)16(18)10-8-13-5-3-2-4-6-13/h2-7,9,11H,8,10H2,1H3. The summed E-state index contributed by atoms with van der Waals surface area (Å²) in [4.78, 5) is 12.0. The Balaban J connectivity index is 2.02. The molecular formula is C16H15ClO. The maximum Gasteiger partial charge on any atom is 0.163 e. The van der Waals surface area contributed by atoms with Gasteiger partial charge in [0.2, 0.25) is 0 Å². The Kier molecular flexibility index (Phi) is 4.16. The summed E-state index contributed by atoms with van der Waals surface area (Å²) in [5, 5.41) is 0.653. The van der Waals surface area contributed by atoms with Crippen molar-refractivity contribution in [3.63, 3.8) is 0 Å². The van der Waals surface area contributed by atoms with Crippen molar-refractivity contribution in [3.05, 3.63) is 70.2 Å². The summed E-state index contributed by atoms with van der Waals surface area (Å²) in [6.45, 7) is 1.93. The molecule has 0 aliphatic heterocycles. The predicted molar refractivity (Wildman–Crippen MR) is 75.3 cm³/mol. The van der Waals surface area contributed by atoms with Gasteiger partial charge in [-0.25, -0.2) is 0 Å². The second-order valence-electron chi connectivity index (χ2n) is 4.37. The minimum Gasteiger partial charge on any atom is -0.294 e. The van der Waals surface area contributed by atoms with E-state index in [-0.39, 0.29) is 5.78 Å². The summed E-state index contributed by atoms with van der Waals surface area (Å²) in [6.07, 6.45) is 1.29. The van der Waals surface area contributed by atoms with Crippen molar-refractivity contribution < 1.29 is 4.79 Å². The maximum atomic E-state index is 12.0. The van der Waals surface area contributed by atoms with Crippen LogP contribution < -0.4 is 0 Å². The van der Waals surface area contributed by atoms with Crippen LogP contribution in [0.3, 0.4) is 0 Å². The van der Waals surface area contributed by atoms with Crippen LogP contribution in [-0.2, 0) is 6.42 Å². The lowest BCUT2D eigenvalue weighted by molar-refractivity contribution is 0.0983. The molecule has 0 aromatic heterocycles. The molecule has 0 spiro atoms. The van der Waals surface area contributed by atoms with Gasteiger partial charge in [0.15, 0.2) is 5.78 Å². The van der Waals surface area contributed by atoms with Gasteiger partial charge in [0, 0.05) is 17.0 Å². The molecule has 0 saturated carbocycles. The van der Waals surface area contributed by atoms with Gasteiger partial charge in [0.1, 0.15) is 0 Å². The number of hydrogen-bond acceptors (Lipinski definition) is 1. The number of halogens is 1. The molecule has 0 radical (unpaired) electrons. The summed E-state index contributed by atoms with van der Waals surface area (Å²) in [6, 6.07) is 15.5. The number of ketones is 1. The zero-order chi connectivity index (χ0) is 13.0. The summed E-state index contributed by atoms with van der Waals surface area (Å²) in [5.41, 5.74) is 2.88. The highest BCUT2D eigenvalue weighted by molar-refractivity contribution is 6.31. The average molecular weight is 259 g/mol. The summed E-state index contributed by atoms with van der Waals surface area (Å²) < 4.78 is 0. The number of carbonyl (C=O) groups excluding carboxylic acids is 1. The second kappa shape index (κ2) is 5.83. The number of carbonyl (C=O) groups is 1. The molecule has 92 valence electrons. The van der Waals surface area contributed by atoms with E-state index in [1.807, 2.05) is 49.4 Å². The topological polar surface area (TPSA) is 17.1 Å². The molecule has 0 heterocycles. The van der Waals surface area contributed by atoms with E-state index in [1.165, 1.54) is 5.56 Å². The molecule has 0 aliphatic carbocycles. The van der Waals surface area contributed by atoms with Crippen molar-refractivity contribution in [2.24, 2.45) is 0 Å². The van der Waals surface area contributed by atoms with Crippen molar-refractivity contribution in [1.29, 1.82) is 0 Å². The van der Waals surface area contributed by atoms with Gasteiger partial charge >= 0.3 is 0 Å². The minimum atomic E-state index is 0.140. The molecule has 0 unspecified atom stereocenters. The number of benzene rings is 2. The van der Waals surface area contributed by atoms with Crippen molar-refractivity contribution in [2.75, 3.05) is 0 Å². The molecule has 2 heteroatoms. The summed E-state index contributed by atoms with van der Waals surface area (Å²) in [7, 11) is 0. The summed E-state index contributed by atoms with van der Waals surface area (Å²) >= 11 is 6.02. The Morgan fingerprint density at radius 1 is 1.11 bits per heavy atom. The van der Waals surface area contributed by atoms with Crippen molar-refractivity contribution >= 4 is 17.4 Å². The fourth-order valence-corrected chi connectivity index (χ4v) is 1.99. The van der Waals surface area contributed by atoms with E-state index >= 15 is 0 Å². The summed E-state index contributed by atoms with van der Waals surface area (Å²) in [5.74, 6) is 0.140. The van der Waals surface area contributed by atoms with Crippen LogP contribution >= 0.6 is 11.6 Å². The van der Waals surface area contributed by atoms with Gasteiger partial charge < -0.3 is 0 Å². The fraction of sp³-hybridized carbons (Fsp3) is 0.188. The van der Waals surface area contributed by atoms with Crippen molar-refractivity contribution in [2.45, 2.75) is 19.8 Å². The van der Waals surface area contributed by atoms with Gasteiger partial charge in [-0.2, -0.15) is 0 Å². The van der Waals surface area contributed by atoms with Crippen LogP contribution in [0.25, 0.3) is 0 Å². The first-order valence-electron chi connectivity index (χ1n) is 6.00. The molecule has 0 amide bonds. The zero-order valence-corrected chi connectivity index (χ0v) is 11.1. The first kappa shape index (κ1) is 12.8. The van der Waals surface area contributed by atoms with Gasteiger partial charge in [-0.1, -0.05) is 54.1 Å². The number of aryl methyl sites for hydroxylation is 2. The van der Waals surface area contributed by atoms with Gasteiger partial charge in [-0.05, 0) is 30.5 Å². The largest absolute Gasteiger partial charge is 0.294 e. The van der Waals surface area contributed by atoms with Crippen molar-refractivity contribution in [1.82, 2.24) is 0 Å². The van der Waals surface area contributed by atoms with E-state index in [2.05, 4.69) is 0 Å². The highest BCUT2D eigenvalue weighted by atomic mass is 35.5. The van der Waals surface area contributed by atoms with E-state index in [0.29, 0.717) is 17.0 Å². The fourth-order valence-electron chi connectivity index (χ4n) is 1.81. The van der Waals surface area contributed by atoms with E-state index in [9.17, 15) is 4.79 Å². The Morgan fingerprint density at radius 3 is 2.50 bits per heavy atom. The molecule has 0 aliphatic rings. The zero-order valence-electron chi connectivity index (χ0n) is 10.3. The molecule has 0 bridgehead atoms. The average Bonchev–Trinajstić information content (AvgIpc) is 2.40. The lowest BCUT2D eigenvalue weighted by Gasteiger charge is -2.04. The molecule has 18 heavy (non-hydrogen) atoms. The Hall–Kier alpha value is -1.60. The Morgan fingerprint density at radius 2 is 1.83 bits per heavy atom. The normalized spacial score (nSPS) is 10.3. The smallest absolute Gasteiger partial charge is 0.163 e. The van der Waals surface area contributed by atoms with Gasteiger partial charge in [0.25, 0.3) is 0 Å². The third-order valence-electron chi connectivity index (χ3n) is 2.98. The number of rotatable bonds is 4. The quantitative estimate of drug-likeness (QED) is 0.740. The van der Waals surface area contributed by atoms with Gasteiger partial charge in [-0.15, -0.1) is 0 Å². The SMILES string of the molecule is Cc1ccc(C(=O)CCc2ccccc2)cc1Cl. The molecule has 0 saturated heterocycles. The highest BCUT2D eigenvalue weighted by Crippen LogP contribution is 2.18. The van der Waals surface area contributed by atoms with E-state index in [0.717, 1.165) is 12.0 Å². The second-order valence-corrected chi connectivity index (χ2v) is 4.78. The molecule has 0 fully saturated rings. The molecule has 2 aromatic rings. The van der Waals surface area contributed by atoms with E-state index in [4.69, 9.17) is 11.6 Å². The number of Topliss-reactive ketones (excluding diaryl/α,β-unsaturated/α-hetero) is 1. The lowest BCUT2D eigenvalue weighted by atomic mass is 10.0. The molecule has 2 aromatic carbocycles. The maximum absolute atomic E-state index is 12.0. The molecule has 0 N–H and O–H groups in total. The minimum absolute atomic E-state index is 0.140. The first-order chi connectivity index (χ1) is 8.66. The Labute approximate surface area is 112 Å². The molecule has 2 rings (SSSR count). The van der Waals surface area contributed by atoms with Crippen molar-refractivity contribution in [3.8, 4) is 0 Å². The van der Waals surface area contributed by atoms with Crippen LogP contribution in [-0.4, -0.2) is 5.78 Å². The van der Waals surface area contributed by atoms with Crippen LogP contribution in [0, 0.1) is 6.92 Å². The van der Waals surface area contributed by atoms with Crippen LogP contribution in [0.5, 0.6) is 0 Å². The van der Waals surface area contributed by atoms with Gasteiger partial charge in [0.05, 0.1) is 0 Å². The van der Waals surface area contributed by atoms with E-state index < -0.39 is 0 Å². The highest BCUT2D eigenvalue weighted by Gasteiger charge is 2.07. The molecule has 0 atom stereocenters. The molecule has 1 nitrogen and oxygen atoms in total. The Bertz CT molecular complexity index is 546. The first-order valence-corrected chi connectivity index (χ1v) is 6.38. The van der Waals surface area contributed by atoms with Crippen LogP contribution in [0.1, 0.15) is 27.9 Å². The molecular weight excluding hydrogens is 244 g/mol.